The Labute approximate surface area is 159 Å². The molecule has 1 N–H and O–H groups in total. The van der Waals surface area contributed by atoms with Gasteiger partial charge in [-0.1, -0.05) is 0 Å². The molecular formula is C18H19N5OS2. The van der Waals surface area contributed by atoms with E-state index < -0.39 is 0 Å². The van der Waals surface area contributed by atoms with Gasteiger partial charge >= 0.3 is 0 Å². The number of anilines is 2. The first kappa shape index (κ1) is 16.2. The molecule has 134 valence electrons. The van der Waals surface area contributed by atoms with Crippen LogP contribution in [0.5, 0.6) is 0 Å². The Bertz CT molecular complexity index is 958. The van der Waals surface area contributed by atoms with Crippen molar-refractivity contribution in [2.24, 2.45) is 5.10 Å². The van der Waals surface area contributed by atoms with Crippen LogP contribution in [-0.4, -0.2) is 42.5 Å². The van der Waals surface area contributed by atoms with E-state index in [1.165, 1.54) is 28.3 Å². The van der Waals surface area contributed by atoms with Gasteiger partial charge in [0.25, 0.3) is 0 Å². The maximum atomic E-state index is 5.42. The lowest BCUT2D eigenvalue weighted by molar-refractivity contribution is 0.123. The predicted octanol–water partition coefficient (Wildman–Crippen LogP) is 3.52. The normalized spacial score (nSPS) is 17.3. The predicted molar refractivity (Wildman–Crippen MR) is 108 cm³/mol. The summed E-state index contributed by atoms with van der Waals surface area (Å²) in [6.45, 7) is 3.52. The van der Waals surface area contributed by atoms with Gasteiger partial charge in [-0.05, 0) is 37.0 Å². The highest BCUT2D eigenvalue weighted by Gasteiger charge is 2.21. The molecule has 0 bridgehead atoms. The smallest absolute Gasteiger partial charge is 0.158 e. The van der Waals surface area contributed by atoms with Gasteiger partial charge in [-0.3, -0.25) is 5.43 Å². The molecule has 0 atom stereocenters. The van der Waals surface area contributed by atoms with Crippen LogP contribution in [0.4, 0.5) is 10.8 Å². The van der Waals surface area contributed by atoms with E-state index >= 15 is 0 Å². The summed E-state index contributed by atoms with van der Waals surface area (Å²) < 4.78 is 5.42. The first-order valence-electron chi connectivity index (χ1n) is 8.85. The van der Waals surface area contributed by atoms with Crippen molar-refractivity contribution < 1.29 is 4.74 Å². The van der Waals surface area contributed by atoms with Gasteiger partial charge in [-0.15, -0.1) is 22.7 Å². The van der Waals surface area contributed by atoms with Crippen molar-refractivity contribution in [3.8, 4) is 0 Å². The fourth-order valence-electron chi connectivity index (χ4n) is 3.54. The van der Waals surface area contributed by atoms with E-state index in [4.69, 9.17) is 4.74 Å². The topological polar surface area (TPSA) is 62.6 Å². The Morgan fingerprint density at radius 2 is 2.08 bits per heavy atom. The molecule has 0 amide bonds. The number of rotatable bonds is 4. The van der Waals surface area contributed by atoms with Crippen LogP contribution in [0.1, 0.15) is 21.7 Å². The lowest BCUT2D eigenvalue weighted by Gasteiger charge is -2.27. The van der Waals surface area contributed by atoms with Crippen molar-refractivity contribution in [2.45, 2.75) is 19.3 Å². The maximum Gasteiger partial charge on any atom is 0.158 e. The average Bonchev–Trinajstić information content (AvgIpc) is 3.38. The molecule has 1 saturated heterocycles. The number of hydrazone groups is 1. The second-order valence-corrected chi connectivity index (χ2v) is 8.58. The number of ether oxygens (including phenoxy) is 1. The maximum absolute atomic E-state index is 5.42. The fourth-order valence-corrected chi connectivity index (χ4v) is 5.70. The molecule has 2 aliphatic rings. The zero-order valence-corrected chi connectivity index (χ0v) is 15.9. The lowest BCUT2D eigenvalue weighted by atomic mass is 10.2. The molecule has 8 heteroatoms. The molecular weight excluding hydrogens is 366 g/mol. The van der Waals surface area contributed by atoms with E-state index in [0.717, 1.165) is 53.6 Å². The van der Waals surface area contributed by atoms with Gasteiger partial charge in [0, 0.05) is 22.8 Å². The summed E-state index contributed by atoms with van der Waals surface area (Å²) in [5.41, 5.74) is 4.55. The minimum atomic E-state index is 0.803. The molecule has 5 rings (SSSR count). The van der Waals surface area contributed by atoms with E-state index in [0.29, 0.717) is 0 Å². The van der Waals surface area contributed by atoms with Crippen LogP contribution in [0.3, 0.4) is 0 Å². The monoisotopic (exact) mass is 385 g/mol. The Balaban J connectivity index is 1.33. The molecule has 3 aromatic heterocycles. The molecule has 26 heavy (non-hydrogen) atoms. The first-order valence-corrected chi connectivity index (χ1v) is 10.5. The summed E-state index contributed by atoms with van der Waals surface area (Å²) in [6, 6.07) is 4.27. The zero-order chi connectivity index (χ0) is 17.3. The highest BCUT2D eigenvalue weighted by molar-refractivity contribution is 7.19. The average molecular weight is 386 g/mol. The van der Waals surface area contributed by atoms with Crippen LogP contribution in [0.25, 0.3) is 10.2 Å². The van der Waals surface area contributed by atoms with Crippen LogP contribution in [0, 0.1) is 0 Å². The third-order valence-electron chi connectivity index (χ3n) is 4.80. The van der Waals surface area contributed by atoms with Crippen molar-refractivity contribution in [1.82, 2.24) is 9.97 Å². The molecule has 6 nitrogen and oxygen atoms in total. The molecule has 0 saturated carbocycles. The zero-order valence-electron chi connectivity index (χ0n) is 14.3. The van der Waals surface area contributed by atoms with Crippen LogP contribution in [-0.2, 0) is 17.6 Å². The molecule has 1 fully saturated rings. The second kappa shape index (κ2) is 6.94. The Hall–Kier alpha value is -2.03. The Kier molecular flexibility index (Phi) is 4.32. The number of nitrogens with one attached hydrogen (secondary N) is 1. The lowest BCUT2D eigenvalue weighted by Crippen LogP contribution is -2.35. The van der Waals surface area contributed by atoms with Crippen LogP contribution in [0.2, 0.25) is 0 Å². The highest BCUT2D eigenvalue weighted by Crippen LogP contribution is 2.39. The minimum absolute atomic E-state index is 0.803. The third kappa shape index (κ3) is 2.98. The molecule has 3 aromatic rings. The molecule has 0 radical (unpaired) electrons. The molecule has 1 aliphatic carbocycles. The van der Waals surface area contributed by atoms with Gasteiger partial charge in [-0.2, -0.15) is 5.10 Å². The van der Waals surface area contributed by atoms with Gasteiger partial charge < -0.3 is 9.64 Å². The number of nitrogens with zero attached hydrogens (tertiary/aromatic N) is 4. The number of thiophene rings is 2. The van der Waals surface area contributed by atoms with Gasteiger partial charge in [0.1, 0.15) is 11.2 Å². The summed E-state index contributed by atoms with van der Waals surface area (Å²) in [5.74, 6) is 0.815. The molecule has 0 unspecified atom stereocenters. The summed E-state index contributed by atoms with van der Waals surface area (Å²) in [4.78, 5) is 14.9. The molecule has 0 spiro atoms. The highest BCUT2D eigenvalue weighted by atomic mass is 32.1. The van der Waals surface area contributed by atoms with Crippen molar-refractivity contribution in [2.75, 3.05) is 36.6 Å². The van der Waals surface area contributed by atoms with E-state index in [1.807, 2.05) is 6.21 Å². The van der Waals surface area contributed by atoms with Crippen molar-refractivity contribution in [1.29, 1.82) is 0 Å². The fraction of sp³-hybridized carbons (Fsp3) is 0.389. The summed E-state index contributed by atoms with van der Waals surface area (Å²) >= 11 is 3.54. The van der Waals surface area contributed by atoms with Crippen molar-refractivity contribution in [3.63, 3.8) is 0 Å². The number of fused-ring (bicyclic) bond motifs is 3. The molecule has 4 heterocycles. The Morgan fingerprint density at radius 1 is 1.15 bits per heavy atom. The van der Waals surface area contributed by atoms with E-state index in [-0.39, 0.29) is 0 Å². The number of aryl methyl sites for hydroxylation is 2. The number of hydrogen-bond donors (Lipinski definition) is 1. The third-order valence-corrected chi connectivity index (χ3v) is 7.08. The first-order chi connectivity index (χ1) is 12.9. The van der Waals surface area contributed by atoms with Gasteiger partial charge in [0.15, 0.2) is 5.82 Å². The Morgan fingerprint density at radius 3 is 3.00 bits per heavy atom. The summed E-state index contributed by atoms with van der Waals surface area (Å²) in [7, 11) is 0. The SMILES string of the molecule is C(=N/Nc1ncnc2sc3c(c12)CCC3)/c1ccc(N2CCOCC2)s1. The van der Waals surface area contributed by atoms with Crippen LogP contribution in [0.15, 0.2) is 23.6 Å². The minimum Gasteiger partial charge on any atom is -0.378 e. The number of hydrogen-bond acceptors (Lipinski definition) is 8. The van der Waals surface area contributed by atoms with Crippen LogP contribution >= 0.6 is 22.7 Å². The second-order valence-electron chi connectivity index (χ2n) is 6.41. The van der Waals surface area contributed by atoms with E-state index in [2.05, 4.69) is 37.5 Å². The molecule has 0 aromatic carbocycles. The van der Waals surface area contributed by atoms with E-state index in [9.17, 15) is 0 Å². The quantitative estimate of drug-likeness (QED) is 0.550. The summed E-state index contributed by atoms with van der Waals surface area (Å²) in [5, 5.41) is 6.86. The molecule has 1 aliphatic heterocycles. The number of morpholine rings is 1. The van der Waals surface area contributed by atoms with Gasteiger partial charge in [0.2, 0.25) is 0 Å². The van der Waals surface area contributed by atoms with Crippen molar-refractivity contribution >= 4 is 49.9 Å². The standard InChI is InChI=1S/C18H19N5OS2/c1-2-13-14(3-1)26-18-16(13)17(19-11-20-18)22-21-10-12-4-5-15(25-12)23-6-8-24-9-7-23/h4-5,10-11H,1-3,6-9H2,(H,19,20,22)/b21-10-. The number of aromatic nitrogens is 2. The van der Waals surface area contributed by atoms with Crippen LogP contribution < -0.4 is 10.3 Å². The van der Waals surface area contributed by atoms with Gasteiger partial charge in [-0.25, -0.2) is 9.97 Å². The van der Waals surface area contributed by atoms with Gasteiger partial charge in [0.05, 0.1) is 29.8 Å². The largest absolute Gasteiger partial charge is 0.378 e. The van der Waals surface area contributed by atoms with E-state index in [1.54, 1.807) is 29.0 Å². The summed E-state index contributed by atoms with van der Waals surface area (Å²) in [6.07, 6.45) is 7.00. The van der Waals surface area contributed by atoms with Crippen molar-refractivity contribution in [3.05, 3.63) is 33.8 Å².